The summed E-state index contributed by atoms with van der Waals surface area (Å²) in [6.45, 7) is 3.51. The minimum absolute atomic E-state index is 0.00193. The lowest BCUT2D eigenvalue weighted by atomic mass is 10.1. The van der Waals surface area contributed by atoms with Crippen LogP contribution in [0.4, 0.5) is 14.6 Å². The summed E-state index contributed by atoms with van der Waals surface area (Å²) in [7, 11) is 0. The first-order valence-electron chi connectivity index (χ1n) is 14.5. The van der Waals surface area contributed by atoms with Crippen molar-refractivity contribution in [3.63, 3.8) is 0 Å². The number of halogens is 2. The maximum Gasteiger partial charge on any atom is 0.332 e. The van der Waals surface area contributed by atoms with Gasteiger partial charge in [0.25, 0.3) is 11.5 Å². The number of aromatic nitrogens is 5. The molecule has 1 aliphatic heterocycles. The minimum Gasteiger partial charge on any atom is -0.343 e. The van der Waals surface area contributed by atoms with Crippen LogP contribution >= 0.6 is 0 Å². The van der Waals surface area contributed by atoms with E-state index in [2.05, 4.69) is 15.0 Å². The quantitative estimate of drug-likeness (QED) is 0.300. The second-order valence-corrected chi connectivity index (χ2v) is 11.0. The van der Waals surface area contributed by atoms with Crippen LogP contribution in [0.2, 0.25) is 0 Å². The van der Waals surface area contributed by atoms with Crippen LogP contribution < -0.4 is 16.1 Å². The van der Waals surface area contributed by atoms with Gasteiger partial charge in [-0.3, -0.25) is 28.4 Å². The molecule has 0 atom stereocenters. The van der Waals surface area contributed by atoms with Gasteiger partial charge < -0.3 is 9.88 Å². The highest BCUT2D eigenvalue weighted by atomic mass is 19.2. The van der Waals surface area contributed by atoms with E-state index in [1.807, 2.05) is 6.92 Å². The zero-order valence-electron chi connectivity index (χ0n) is 23.7. The first-order chi connectivity index (χ1) is 20.8. The molecule has 0 unspecified atom stereocenters. The van der Waals surface area contributed by atoms with E-state index in [4.69, 9.17) is 0 Å². The molecular formula is C30H31F2N7O4. The number of carbonyl (C=O) groups excluding carboxylic acids is 2. The zero-order valence-corrected chi connectivity index (χ0v) is 23.7. The molecule has 1 N–H and O–H groups in total. The van der Waals surface area contributed by atoms with Crippen molar-refractivity contribution in [1.29, 1.82) is 0 Å². The number of fused-ring (bicyclic) bond motifs is 1. The smallest absolute Gasteiger partial charge is 0.332 e. The van der Waals surface area contributed by atoms with Crippen molar-refractivity contribution in [3.8, 4) is 11.4 Å². The molecule has 2 fully saturated rings. The van der Waals surface area contributed by atoms with Crippen LogP contribution in [0.15, 0.2) is 46.1 Å². The molecular weight excluding hydrogens is 560 g/mol. The molecule has 0 bridgehead atoms. The number of H-pyrrole nitrogens is 1. The molecule has 4 heterocycles. The van der Waals surface area contributed by atoms with Crippen molar-refractivity contribution in [2.24, 2.45) is 0 Å². The fourth-order valence-electron chi connectivity index (χ4n) is 5.50. The summed E-state index contributed by atoms with van der Waals surface area (Å²) in [6.07, 6.45) is 5.56. The number of imidazole rings is 1. The number of aromatic amines is 1. The summed E-state index contributed by atoms with van der Waals surface area (Å²) in [5.41, 5.74) is 0.234. The third kappa shape index (κ3) is 5.46. The molecule has 4 aromatic rings. The summed E-state index contributed by atoms with van der Waals surface area (Å²) in [5.74, 6) is -2.08. The van der Waals surface area contributed by atoms with E-state index >= 15 is 0 Å². The summed E-state index contributed by atoms with van der Waals surface area (Å²) in [4.78, 5) is 67.0. The second-order valence-electron chi connectivity index (χ2n) is 11.0. The Hall–Kier alpha value is -4.68. The number of nitrogens with one attached hydrogen (secondary N) is 1. The Morgan fingerprint density at radius 1 is 1.09 bits per heavy atom. The number of pyridine rings is 1. The number of hydrogen-bond donors (Lipinski definition) is 1. The number of benzene rings is 1. The van der Waals surface area contributed by atoms with E-state index in [-0.39, 0.29) is 41.1 Å². The van der Waals surface area contributed by atoms with E-state index in [9.17, 15) is 28.0 Å². The van der Waals surface area contributed by atoms with Gasteiger partial charge in [-0.05, 0) is 62.4 Å². The van der Waals surface area contributed by atoms with Crippen LogP contribution in [0.25, 0.3) is 22.6 Å². The van der Waals surface area contributed by atoms with Crippen molar-refractivity contribution in [2.45, 2.75) is 58.0 Å². The topological polar surface area (TPSA) is 126 Å². The molecule has 224 valence electrons. The predicted octanol–water partition coefficient (Wildman–Crippen LogP) is 3.63. The highest BCUT2D eigenvalue weighted by molar-refractivity contribution is 6.05. The second kappa shape index (κ2) is 11.5. The fourth-order valence-corrected chi connectivity index (χ4v) is 5.50. The molecule has 11 nitrogen and oxygen atoms in total. The van der Waals surface area contributed by atoms with Crippen molar-refractivity contribution < 1.29 is 18.4 Å². The van der Waals surface area contributed by atoms with Crippen LogP contribution in [0.3, 0.4) is 0 Å². The van der Waals surface area contributed by atoms with Gasteiger partial charge in [0, 0.05) is 56.0 Å². The van der Waals surface area contributed by atoms with Crippen molar-refractivity contribution in [1.82, 2.24) is 29.0 Å². The van der Waals surface area contributed by atoms with E-state index in [1.165, 1.54) is 21.7 Å². The lowest BCUT2D eigenvalue weighted by Crippen LogP contribution is -2.39. The van der Waals surface area contributed by atoms with Gasteiger partial charge in [0.1, 0.15) is 17.2 Å². The number of anilines is 1. The highest BCUT2D eigenvalue weighted by Gasteiger charge is 2.30. The van der Waals surface area contributed by atoms with Crippen LogP contribution in [-0.2, 0) is 11.3 Å². The predicted molar refractivity (Wildman–Crippen MR) is 155 cm³/mol. The van der Waals surface area contributed by atoms with E-state index in [0.717, 1.165) is 31.4 Å². The van der Waals surface area contributed by atoms with Crippen LogP contribution in [0, 0.1) is 11.6 Å². The molecule has 2 aliphatic rings. The number of rotatable bonds is 10. The maximum atomic E-state index is 14.0. The highest BCUT2D eigenvalue weighted by Crippen LogP contribution is 2.35. The molecule has 1 saturated carbocycles. The minimum atomic E-state index is -1.13. The SMILES string of the molecule is CCCn1c(=O)c2[nH]c(-c3ccc(N(CCCN4CCCC4=O)C(=O)c4ccc(F)c(F)c4)nc3)nc2n(C2CC2)c1=O. The van der Waals surface area contributed by atoms with Gasteiger partial charge in [0.15, 0.2) is 17.3 Å². The standard InChI is InChI=1S/C30H31F2N7O4/c1-2-12-38-29(42)25-27(39(30(38)43)20-8-9-20)35-26(34-25)19-7-11-23(33-17-19)37(15-4-14-36-13-3-5-24(36)40)28(41)18-6-10-21(31)22(32)16-18/h6-7,10-11,16-17,20H,2-5,8-9,12-15H2,1H3,(H,34,35). The van der Waals surface area contributed by atoms with Crippen LogP contribution in [0.5, 0.6) is 0 Å². The van der Waals surface area contributed by atoms with E-state index < -0.39 is 23.1 Å². The lowest BCUT2D eigenvalue weighted by Gasteiger charge is -2.24. The molecule has 0 radical (unpaired) electrons. The summed E-state index contributed by atoms with van der Waals surface area (Å²) in [5, 5.41) is 0. The van der Waals surface area contributed by atoms with E-state index in [1.54, 1.807) is 21.6 Å². The first-order valence-corrected chi connectivity index (χ1v) is 14.5. The number of amides is 2. The van der Waals surface area contributed by atoms with Crippen molar-refractivity contribution in [2.75, 3.05) is 24.5 Å². The molecule has 1 aliphatic carbocycles. The fraction of sp³-hybridized carbons (Fsp3) is 0.400. The Kier molecular flexibility index (Phi) is 7.63. The average Bonchev–Trinajstić information content (AvgIpc) is 3.60. The third-order valence-electron chi connectivity index (χ3n) is 7.86. The van der Waals surface area contributed by atoms with Gasteiger partial charge in [0.05, 0.1) is 0 Å². The van der Waals surface area contributed by atoms with Crippen LogP contribution in [-0.4, -0.2) is 60.4 Å². The largest absolute Gasteiger partial charge is 0.343 e. The normalized spacial score (nSPS) is 15.0. The van der Waals surface area contributed by atoms with Gasteiger partial charge in [-0.15, -0.1) is 0 Å². The monoisotopic (exact) mass is 591 g/mol. The lowest BCUT2D eigenvalue weighted by molar-refractivity contribution is -0.127. The van der Waals surface area contributed by atoms with Crippen molar-refractivity contribution in [3.05, 3.63) is 74.6 Å². The van der Waals surface area contributed by atoms with Crippen molar-refractivity contribution >= 4 is 28.8 Å². The Morgan fingerprint density at radius 3 is 2.56 bits per heavy atom. The molecule has 0 spiro atoms. The first kappa shape index (κ1) is 28.4. The molecule has 3 aromatic heterocycles. The molecule has 6 rings (SSSR count). The maximum absolute atomic E-state index is 14.0. The molecule has 2 amide bonds. The molecule has 1 aromatic carbocycles. The van der Waals surface area contributed by atoms with Gasteiger partial charge in [-0.1, -0.05) is 6.92 Å². The number of carbonyl (C=O) groups is 2. The number of nitrogens with zero attached hydrogens (tertiary/aromatic N) is 6. The number of likely N-dealkylation sites (tertiary alicyclic amines) is 1. The molecule has 13 heteroatoms. The molecule has 1 saturated heterocycles. The number of hydrogen-bond acceptors (Lipinski definition) is 6. The Morgan fingerprint density at radius 2 is 1.91 bits per heavy atom. The molecule has 43 heavy (non-hydrogen) atoms. The van der Waals surface area contributed by atoms with E-state index in [0.29, 0.717) is 55.9 Å². The summed E-state index contributed by atoms with van der Waals surface area (Å²) in [6, 6.07) is 6.25. The third-order valence-corrected chi connectivity index (χ3v) is 7.86. The van der Waals surface area contributed by atoms with Gasteiger partial charge in [0.2, 0.25) is 5.91 Å². The average molecular weight is 592 g/mol. The van der Waals surface area contributed by atoms with Gasteiger partial charge >= 0.3 is 5.69 Å². The Bertz CT molecular complexity index is 1830. The van der Waals surface area contributed by atoms with Crippen LogP contribution in [0.1, 0.15) is 61.8 Å². The van der Waals surface area contributed by atoms with Gasteiger partial charge in [-0.25, -0.2) is 23.5 Å². The summed E-state index contributed by atoms with van der Waals surface area (Å²) < 4.78 is 30.4. The van der Waals surface area contributed by atoms with Gasteiger partial charge in [-0.2, -0.15) is 0 Å². The Labute approximate surface area is 244 Å². The summed E-state index contributed by atoms with van der Waals surface area (Å²) >= 11 is 0. The Balaban J connectivity index is 1.32. The zero-order chi connectivity index (χ0) is 30.2.